The molecule has 16 heavy (non-hydrogen) atoms. The SMILES string of the molecule is CCC1CCCN1C(=O)C(C)(CC)C(N)=S. The lowest BCUT2D eigenvalue weighted by atomic mass is 9.85. The molecule has 1 fully saturated rings. The normalized spacial score (nSPS) is 24.2. The average molecular weight is 242 g/mol. The fourth-order valence-corrected chi connectivity index (χ4v) is 2.51. The summed E-state index contributed by atoms with van der Waals surface area (Å²) < 4.78 is 0. The van der Waals surface area contributed by atoms with Gasteiger partial charge in [0.15, 0.2) is 0 Å². The number of nitrogens with two attached hydrogens (primary N) is 1. The van der Waals surface area contributed by atoms with Crippen molar-refractivity contribution in [1.29, 1.82) is 0 Å². The fourth-order valence-electron chi connectivity index (χ4n) is 2.28. The van der Waals surface area contributed by atoms with Gasteiger partial charge in [0.05, 0.1) is 10.4 Å². The van der Waals surface area contributed by atoms with E-state index in [1.54, 1.807) is 0 Å². The predicted octanol–water partition coefficient (Wildman–Crippen LogP) is 2.09. The molecule has 0 saturated carbocycles. The summed E-state index contributed by atoms with van der Waals surface area (Å²) in [5, 5.41) is 0. The minimum atomic E-state index is -0.660. The molecule has 2 N–H and O–H groups in total. The maximum absolute atomic E-state index is 12.5. The quantitative estimate of drug-likeness (QED) is 0.768. The molecule has 1 rings (SSSR count). The maximum atomic E-state index is 12.5. The van der Waals surface area contributed by atoms with Gasteiger partial charge in [-0.1, -0.05) is 26.1 Å². The summed E-state index contributed by atoms with van der Waals surface area (Å²) in [5.74, 6) is 0.117. The summed E-state index contributed by atoms with van der Waals surface area (Å²) in [6.45, 7) is 6.81. The van der Waals surface area contributed by atoms with Crippen LogP contribution >= 0.6 is 12.2 Å². The van der Waals surface area contributed by atoms with Crippen LogP contribution in [0, 0.1) is 5.41 Å². The molecule has 0 aromatic rings. The van der Waals surface area contributed by atoms with Gasteiger partial charge in [0.1, 0.15) is 0 Å². The van der Waals surface area contributed by atoms with Crippen molar-refractivity contribution in [3.8, 4) is 0 Å². The lowest BCUT2D eigenvalue weighted by molar-refractivity contribution is -0.138. The van der Waals surface area contributed by atoms with Crippen molar-refractivity contribution in [3.63, 3.8) is 0 Å². The first-order chi connectivity index (χ1) is 7.47. The van der Waals surface area contributed by atoms with Gasteiger partial charge in [-0.2, -0.15) is 0 Å². The maximum Gasteiger partial charge on any atom is 0.235 e. The molecule has 2 unspecified atom stereocenters. The number of nitrogens with zero attached hydrogens (tertiary/aromatic N) is 1. The van der Waals surface area contributed by atoms with Gasteiger partial charge >= 0.3 is 0 Å². The molecule has 1 amide bonds. The van der Waals surface area contributed by atoms with E-state index in [0.717, 1.165) is 25.8 Å². The molecule has 92 valence electrons. The first-order valence-corrected chi connectivity index (χ1v) is 6.49. The van der Waals surface area contributed by atoms with Gasteiger partial charge in [-0.3, -0.25) is 4.79 Å². The van der Waals surface area contributed by atoms with Crippen LogP contribution in [0.3, 0.4) is 0 Å². The van der Waals surface area contributed by atoms with Gasteiger partial charge in [0.2, 0.25) is 5.91 Å². The summed E-state index contributed by atoms with van der Waals surface area (Å²) in [5.41, 5.74) is 5.06. The first-order valence-electron chi connectivity index (χ1n) is 6.08. The van der Waals surface area contributed by atoms with Gasteiger partial charge in [0.25, 0.3) is 0 Å². The Hall–Kier alpha value is -0.640. The molecular formula is C12H22N2OS. The molecule has 2 atom stereocenters. The lowest BCUT2D eigenvalue weighted by Gasteiger charge is -2.34. The number of carbonyl (C=O) groups excluding carboxylic acids is 1. The Morgan fingerprint density at radius 3 is 2.62 bits per heavy atom. The van der Waals surface area contributed by atoms with E-state index in [0.29, 0.717) is 17.5 Å². The molecular weight excluding hydrogens is 220 g/mol. The average Bonchev–Trinajstić information content (AvgIpc) is 2.74. The predicted molar refractivity (Wildman–Crippen MR) is 70.2 cm³/mol. The molecule has 0 aromatic heterocycles. The van der Waals surface area contributed by atoms with Crippen molar-refractivity contribution >= 4 is 23.1 Å². The fraction of sp³-hybridized carbons (Fsp3) is 0.833. The van der Waals surface area contributed by atoms with Crippen LogP contribution in [0.15, 0.2) is 0 Å². The Balaban J connectivity index is 2.87. The second kappa shape index (κ2) is 5.13. The topological polar surface area (TPSA) is 46.3 Å². The van der Waals surface area contributed by atoms with Gasteiger partial charge in [-0.25, -0.2) is 0 Å². The first kappa shape index (κ1) is 13.4. The Kier molecular flexibility index (Phi) is 4.30. The second-order valence-corrected chi connectivity index (χ2v) is 5.19. The molecule has 4 heteroatoms. The van der Waals surface area contributed by atoms with E-state index >= 15 is 0 Å². The van der Waals surface area contributed by atoms with E-state index in [1.165, 1.54) is 0 Å². The van der Waals surface area contributed by atoms with Crippen LogP contribution in [0.5, 0.6) is 0 Å². The van der Waals surface area contributed by atoms with Crippen LogP contribution < -0.4 is 5.73 Å². The van der Waals surface area contributed by atoms with Crippen molar-refractivity contribution in [2.24, 2.45) is 11.1 Å². The number of carbonyl (C=O) groups is 1. The van der Waals surface area contributed by atoms with Crippen LogP contribution in [0.2, 0.25) is 0 Å². The number of hydrogen-bond acceptors (Lipinski definition) is 2. The minimum absolute atomic E-state index is 0.117. The van der Waals surface area contributed by atoms with Gasteiger partial charge in [-0.05, 0) is 32.6 Å². The molecule has 1 saturated heterocycles. The summed E-state index contributed by atoms with van der Waals surface area (Å²) in [6, 6.07) is 0.382. The second-order valence-electron chi connectivity index (χ2n) is 4.75. The highest BCUT2D eigenvalue weighted by atomic mass is 32.1. The van der Waals surface area contributed by atoms with Crippen LogP contribution in [-0.4, -0.2) is 28.4 Å². The third kappa shape index (κ3) is 2.21. The van der Waals surface area contributed by atoms with Crippen molar-refractivity contribution < 1.29 is 4.79 Å². The largest absolute Gasteiger partial charge is 0.392 e. The highest BCUT2D eigenvalue weighted by Crippen LogP contribution is 2.30. The van der Waals surface area contributed by atoms with Crippen LogP contribution in [0.25, 0.3) is 0 Å². The third-order valence-electron chi connectivity index (χ3n) is 3.83. The van der Waals surface area contributed by atoms with Crippen molar-refractivity contribution in [2.45, 2.75) is 52.5 Å². The molecule has 0 aromatic carbocycles. The van der Waals surface area contributed by atoms with E-state index in [1.807, 2.05) is 18.7 Å². The molecule has 1 aliphatic heterocycles. The van der Waals surface area contributed by atoms with E-state index in [-0.39, 0.29) is 5.91 Å². The minimum Gasteiger partial charge on any atom is -0.392 e. The van der Waals surface area contributed by atoms with E-state index in [9.17, 15) is 4.79 Å². The monoisotopic (exact) mass is 242 g/mol. The van der Waals surface area contributed by atoms with Gasteiger partial charge in [-0.15, -0.1) is 0 Å². The van der Waals surface area contributed by atoms with Crippen molar-refractivity contribution in [3.05, 3.63) is 0 Å². The van der Waals surface area contributed by atoms with Gasteiger partial charge in [0, 0.05) is 12.6 Å². The van der Waals surface area contributed by atoms with Crippen molar-refractivity contribution in [1.82, 2.24) is 4.90 Å². The zero-order valence-electron chi connectivity index (χ0n) is 10.5. The zero-order valence-corrected chi connectivity index (χ0v) is 11.3. The summed E-state index contributed by atoms with van der Waals surface area (Å²) in [6.07, 6.45) is 3.90. The Morgan fingerprint density at radius 1 is 1.56 bits per heavy atom. The summed E-state index contributed by atoms with van der Waals surface area (Å²) in [7, 11) is 0. The molecule has 1 heterocycles. The lowest BCUT2D eigenvalue weighted by Crippen LogP contribution is -2.50. The number of rotatable bonds is 4. The Bertz CT molecular complexity index is 293. The molecule has 1 aliphatic rings. The molecule has 3 nitrogen and oxygen atoms in total. The van der Waals surface area contributed by atoms with E-state index in [4.69, 9.17) is 18.0 Å². The highest BCUT2D eigenvalue weighted by molar-refractivity contribution is 7.80. The van der Waals surface area contributed by atoms with Crippen LogP contribution in [0.4, 0.5) is 0 Å². The number of amides is 1. The van der Waals surface area contributed by atoms with Crippen LogP contribution in [0.1, 0.15) is 46.5 Å². The summed E-state index contributed by atoms with van der Waals surface area (Å²) >= 11 is 5.05. The Labute approximate surface area is 103 Å². The molecule has 0 bridgehead atoms. The zero-order chi connectivity index (χ0) is 12.3. The van der Waals surface area contributed by atoms with Gasteiger partial charge < -0.3 is 10.6 Å². The molecule has 0 spiro atoms. The van der Waals surface area contributed by atoms with E-state index in [2.05, 4.69) is 6.92 Å². The highest BCUT2D eigenvalue weighted by Gasteiger charge is 2.41. The number of hydrogen-bond donors (Lipinski definition) is 1. The van der Waals surface area contributed by atoms with Crippen LogP contribution in [-0.2, 0) is 4.79 Å². The molecule has 0 radical (unpaired) electrons. The number of likely N-dealkylation sites (tertiary alicyclic amines) is 1. The van der Waals surface area contributed by atoms with E-state index < -0.39 is 5.41 Å². The summed E-state index contributed by atoms with van der Waals surface area (Å²) in [4.78, 5) is 14.8. The standard InChI is InChI=1S/C12H22N2OS/c1-4-9-7-6-8-14(9)11(15)12(3,5-2)10(13)16/h9H,4-8H2,1-3H3,(H2,13,16). The smallest absolute Gasteiger partial charge is 0.235 e. The number of thiocarbonyl (C=S) groups is 1. The Morgan fingerprint density at radius 2 is 2.19 bits per heavy atom. The van der Waals surface area contributed by atoms with Crippen molar-refractivity contribution in [2.75, 3.05) is 6.54 Å². The third-order valence-corrected chi connectivity index (χ3v) is 4.28. The molecule has 0 aliphatic carbocycles.